The van der Waals surface area contributed by atoms with Crippen LogP contribution in [-0.2, 0) is 0 Å². The van der Waals surface area contributed by atoms with E-state index < -0.39 is 0 Å². The van der Waals surface area contributed by atoms with Crippen LogP contribution >= 0.6 is 11.6 Å². The first-order valence-electron chi connectivity index (χ1n) is 10.8. The molecule has 0 aliphatic rings. The van der Waals surface area contributed by atoms with Crippen molar-refractivity contribution in [2.45, 2.75) is 0 Å². The second-order valence-electron chi connectivity index (χ2n) is 7.89. The summed E-state index contributed by atoms with van der Waals surface area (Å²) < 4.78 is 0. The fraction of sp³-hybridized carbons (Fsp3) is 0. The van der Waals surface area contributed by atoms with Gasteiger partial charge in [0.1, 0.15) is 5.69 Å². The Balaban J connectivity index is 1.32. The first-order chi connectivity index (χ1) is 17.0. The lowest BCUT2D eigenvalue weighted by atomic mass is 10.0. The predicted molar refractivity (Wildman–Crippen MR) is 138 cm³/mol. The van der Waals surface area contributed by atoms with Crippen LogP contribution in [0.5, 0.6) is 0 Å². The second-order valence-corrected chi connectivity index (χ2v) is 8.32. The van der Waals surface area contributed by atoms with Crippen molar-refractivity contribution < 1.29 is 9.59 Å². The van der Waals surface area contributed by atoms with Crippen molar-refractivity contribution in [2.75, 3.05) is 10.6 Å². The predicted octanol–water partition coefficient (Wildman–Crippen LogP) is 5.68. The second kappa shape index (κ2) is 9.32. The number of hydrogen-bond acceptors (Lipinski definition) is 3. The molecule has 0 saturated heterocycles. The number of aromatic amines is 2. The van der Waals surface area contributed by atoms with Crippen LogP contribution in [0.4, 0.5) is 11.4 Å². The number of carbonyl (C=O) groups is 2. The molecular formula is C27H19ClN4O3. The number of amides is 2. The highest BCUT2D eigenvalue weighted by Gasteiger charge is 2.14. The number of H-pyrrole nitrogens is 2. The van der Waals surface area contributed by atoms with E-state index in [4.69, 9.17) is 11.6 Å². The lowest BCUT2D eigenvalue weighted by molar-refractivity contribution is 0.101. The monoisotopic (exact) mass is 482 g/mol. The molecule has 0 saturated carbocycles. The van der Waals surface area contributed by atoms with Gasteiger partial charge in [0.05, 0.1) is 11.4 Å². The molecule has 3 aromatic carbocycles. The Morgan fingerprint density at radius 2 is 1.46 bits per heavy atom. The van der Waals surface area contributed by atoms with E-state index in [0.29, 0.717) is 27.7 Å². The van der Waals surface area contributed by atoms with Crippen LogP contribution in [-0.4, -0.2) is 21.8 Å². The minimum Gasteiger partial charge on any atom is -0.351 e. The van der Waals surface area contributed by atoms with Crippen molar-refractivity contribution >= 4 is 45.7 Å². The standard InChI is InChI=1S/C27H19ClN4O3/c28-20-9-10-21-19(13-20)14-24(30-21)27(35)32-23-4-2-1-3-22(23)31-26(34)17-7-5-16(6-8-17)18-11-12-29-25(33)15-18/h1-15,30H,(H,29,33)(H,31,34)(H,32,35). The summed E-state index contributed by atoms with van der Waals surface area (Å²) in [5.74, 6) is -0.675. The van der Waals surface area contributed by atoms with E-state index in [9.17, 15) is 14.4 Å². The van der Waals surface area contributed by atoms with E-state index in [1.54, 1.807) is 79.0 Å². The molecule has 0 fully saturated rings. The Bertz CT molecular complexity index is 1620. The van der Waals surface area contributed by atoms with Gasteiger partial charge in [0, 0.05) is 33.8 Å². The molecule has 8 heteroatoms. The molecule has 0 unspecified atom stereocenters. The average Bonchev–Trinajstić information content (AvgIpc) is 3.29. The Kier molecular flexibility index (Phi) is 5.91. The van der Waals surface area contributed by atoms with Gasteiger partial charge in [0.15, 0.2) is 0 Å². The molecule has 0 atom stereocenters. The quantitative estimate of drug-likeness (QED) is 0.259. The molecule has 2 heterocycles. The molecular weight excluding hydrogens is 464 g/mol. The third-order valence-corrected chi connectivity index (χ3v) is 5.74. The number of nitrogens with one attached hydrogen (secondary N) is 4. The summed E-state index contributed by atoms with van der Waals surface area (Å²) in [6.45, 7) is 0. The molecule has 2 amide bonds. The maximum Gasteiger partial charge on any atom is 0.272 e. The fourth-order valence-electron chi connectivity index (χ4n) is 3.75. The number of rotatable bonds is 5. The number of pyridine rings is 1. The van der Waals surface area contributed by atoms with Gasteiger partial charge in [-0.25, -0.2) is 0 Å². The number of fused-ring (bicyclic) bond motifs is 1. The molecule has 0 bridgehead atoms. The molecule has 0 aliphatic carbocycles. The molecule has 0 spiro atoms. The molecule has 5 aromatic rings. The summed E-state index contributed by atoms with van der Waals surface area (Å²) in [7, 11) is 0. The minimum absolute atomic E-state index is 0.195. The van der Waals surface area contributed by atoms with Crippen LogP contribution < -0.4 is 16.2 Å². The zero-order valence-corrected chi connectivity index (χ0v) is 19.0. The summed E-state index contributed by atoms with van der Waals surface area (Å²) in [4.78, 5) is 42.9. The normalized spacial score (nSPS) is 10.8. The third kappa shape index (κ3) is 4.85. The zero-order chi connectivity index (χ0) is 24.4. The van der Waals surface area contributed by atoms with Crippen molar-refractivity contribution in [3.05, 3.63) is 118 Å². The van der Waals surface area contributed by atoms with Crippen LogP contribution in [0.25, 0.3) is 22.0 Å². The topological polar surface area (TPSA) is 107 Å². The maximum atomic E-state index is 12.9. The highest BCUT2D eigenvalue weighted by Crippen LogP contribution is 2.25. The Morgan fingerprint density at radius 1 is 0.743 bits per heavy atom. The van der Waals surface area contributed by atoms with Crippen LogP contribution in [0.3, 0.4) is 0 Å². The van der Waals surface area contributed by atoms with Crippen LogP contribution in [0.2, 0.25) is 5.02 Å². The van der Waals surface area contributed by atoms with Gasteiger partial charge in [-0.05, 0) is 65.7 Å². The number of halogens is 1. The van der Waals surface area contributed by atoms with Gasteiger partial charge in [-0.3, -0.25) is 14.4 Å². The number of hydrogen-bond donors (Lipinski definition) is 4. The van der Waals surface area contributed by atoms with Crippen LogP contribution in [0.1, 0.15) is 20.8 Å². The van der Waals surface area contributed by atoms with Gasteiger partial charge in [-0.15, -0.1) is 0 Å². The van der Waals surface area contributed by atoms with Crippen molar-refractivity contribution in [3.63, 3.8) is 0 Å². The smallest absolute Gasteiger partial charge is 0.272 e. The SMILES string of the molecule is O=C(Nc1ccccc1NC(=O)c1cc2cc(Cl)ccc2[nH]1)c1ccc(-c2cc[nH]c(=O)c2)cc1. The first kappa shape index (κ1) is 22.2. The van der Waals surface area contributed by atoms with Crippen LogP contribution in [0.15, 0.2) is 95.9 Å². The molecule has 2 aromatic heterocycles. The van der Waals surface area contributed by atoms with Gasteiger partial charge >= 0.3 is 0 Å². The molecule has 7 nitrogen and oxygen atoms in total. The number of carbonyl (C=O) groups excluding carboxylic acids is 2. The molecule has 4 N–H and O–H groups in total. The average molecular weight is 483 g/mol. The van der Waals surface area contributed by atoms with Crippen molar-refractivity contribution in [1.29, 1.82) is 0 Å². The van der Waals surface area contributed by atoms with Crippen LogP contribution in [0, 0.1) is 0 Å². The van der Waals surface area contributed by atoms with Crippen molar-refractivity contribution in [2.24, 2.45) is 0 Å². The van der Waals surface area contributed by atoms with E-state index in [2.05, 4.69) is 20.6 Å². The summed E-state index contributed by atoms with van der Waals surface area (Å²) in [5, 5.41) is 7.11. The first-order valence-corrected chi connectivity index (χ1v) is 11.1. The Hall–Kier alpha value is -4.62. The zero-order valence-electron chi connectivity index (χ0n) is 18.3. The fourth-order valence-corrected chi connectivity index (χ4v) is 3.93. The number of para-hydroxylation sites is 2. The summed E-state index contributed by atoms with van der Waals surface area (Å²) >= 11 is 6.03. The summed E-state index contributed by atoms with van der Waals surface area (Å²) in [6, 6.07) is 24.2. The van der Waals surface area contributed by atoms with E-state index in [1.165, 1.54) is 6.07 Å². The molecule has 35 heavy (non-hydrogen) atoms. The summed E-state index contributed by atoms with van der Waals surface area (Å²) in [5.41, 5.74) is 3.91. The highest BCUT2D eigenvalue weighted by molar-refractivity contribution is 6.31. The lowest BCUT2D eigenvalue weighted by Gasteiger charge is -2.12. The van der Waals surface area contributed by atoms with E-state index in [1.807, 2.05) is 6.07 Å². The van der Waals surface area contributed by atoms with Gasteiger partial charge in [0.25, 0.3) is 11.8 Å². The Morgan fingerprint density at radius 3 is 2.17 bits per heavy atom. The van der Waals surface area contributed by atoms with Gasteiger partial charge in [0.2, 0.25) is 5.56 Å². The van der Waals surface area contributed by atoms with Gasteiger partial charge < -0.3 is 20.6 Å². The molecule has 172 valence electrons. The van der Waals surface area contributed by atoms with Gasteiger partial charge in [-0.2, -0.15) is 0 Å². The number of benzene rings is 3. The third-order valence-electron chi connectivity index (χ3n) is 5.51. The number of anilines is 2. The number of aromatic nitrogens is 2. The Labute approximate surface area is 204 Å². The maximum absolute atomic E-state index is 12.9. The summed E-state index contributed by atoms with van der Waals surface area (Å²) in [6.07, 6.45) is 1.58. The van der Waals surface area contributed by atoms with Gasteiger partial charge in [-0.1, -0.05) is 35.9 Å². The van der Waals surface area contributed by atoms with E-state index >= 15 is 0 Å². The largest absolute Gasteiger partial charge is 0.351 e. The molecule has 0 aliphatic heterocycles. The van der Waals surface area contributed by atoms with Crippen molar-refractivity contribution in [3.8, 4) is 11.1 Å². The lowest BCUT2D eigenvalue weighted by Crippen LogP contribution is -2.17. The molecule has 5 rings (SSSR count). The highest BCUT2D eigenvalue weighted by atomic mass is 35.5. The minimum atomic E-state index is -0.346. The van der Waals surface area contributed by atoms with E-state index in [-0.39, 0.29) is 17.4 Å². The van der Waals surface area contributed by atoms with Crippen molar-refractivity contribution in [1.82, 2.24) is 9.97 Å². The molecule has 0 radical (unpaired) electrons. The van der Waals surface area contributed by atoms with E-state index in [0.717, 1.165) is 22.0 Å².